The van der Waals surface area contributed by atoms with E-state index in [9.17, 15) is 9.18 Å². The molecule has 4 N–H and O–H groups in total. The van der Waals surface area contributed by atoms with Crippen molar-refractivity contribution in [1.29, 1.82) is 0 Å². The molecule has 6 heteroatoms. The topological polar surface area (TPSA) is 80.0 Å². The third-order valence-corrected chi connectivity index (χ3v) is 2.94. The molecule has 1 unspecified atom stereocenters. The number of carbonyl (C=O) groups is 1. The standard InChI is InChI=1S/C14H15FN4O/c1-9(10-4-2-3-5-12(10)15)18-14(20)11-6-7-17-8-13(11)19-16/h2-9,19H,16H2,1H3,(H,18,20). The quantitative estimate of drug-likeness (QED) is 0.588. The van der Waals surface area contributed by atoms with Gasteiger partial charge in [0.15, 0.2) is 0 Å². The SMILES string of the molecule is CC(NC(=O)c1ccncc1NN)c1ccccc1F. The molecule has 2 aromatic rings. The predicted octanol–water partition coefficient (Wildman–Crippen LogP) is 2.00. The van der Waals surface area contributed by atoms with Crippen LogP contribution in [0, 0.1) is 5.82 Å². The van der Waals surface area contributed by atoms with E-state index in [-0.39, 0.29) is 11.7 Å². The lowest BCUT2D eigenvalue weighted by atomic mass is 10.1. The molecule has 1 amide bonds. The first-order chi connectivity index (χ1) is 9.63. The second-order valence-electron chi connectivity index (χ2n) is 4.28. The lowest BCUT2D eigenvalue weighted by Gasteiger charge is -2.16. The van der Waals surface area contributed by atoms with Crippen molar-refractivity contribution in [2.75, 3.05) is 5.43 Å². The zero-order chi connectivity index (χ0) is 14.5. The van der Waals surface area contributed by atoms with Gasteiger partial charge in [-0.05, 0) is 19.1 Å². The van der Waals surface area contributed by atoms with Crippen LogP contribution in [0.4, 0.5) is 10.1 Å². The summed E-state index contributed by atoms with van der Waals surface area (Å²) in [5.74, 6) is 4.62. The van der Waals surface area contributed by atoms with Crippen LogP contribution in [0.1, 0.15) is 28.9 Å². The Morgan fingerprint density at radius 1 is 1.35 bits per heavy atom. The summed E-state index contributed by atoms with van der Waals surface area (Å²) >= 11 is 0. The van der Waals surface area contributed by atoms with E-state index in [1.807, 2.05) is 0 Å². The van der Waals surface area contributed by atoms with Gasteiger partial charge in [-0.25, -0.2) is 4.39 Å². The summed E-state index contributed by atoms with van der Waals surface area (Å²) in [6.45, 7) is 1.72. The van der Waals surface area contributed by atoms with Gasteiger partial charge in [0.2, 0.25) is 0 Å². The van der Waals surface area contributed by atoms with Crippen LogP contribution >= 0.6 is 0 Å². The molecule has 0 saturated heterocycles. The van der Waals surface area contributed by atoms with Gasteiger partial charge in [-0.2, -0.15) is 0 Å². The second-order valence-corrected chi connectivity index (χ2v) is 4.28. The number of benzene rings is 1. The highest BCUT2D eigenvalue weighted by Crippen LogP contribution is 2.18. The van der Waals surface area contributed by atoms with Crippen LogP contribution in [0.5, 0.6) is 0 Å². The molecular weight excluding hydrogens is 259 g/mol. The van der Waals surface area contributed by atoms with Crippen molar-refractivity contribution >= 4 is 11.6 Å². The van der Waals surface area contributed by atoms with E-state index >= 15 is 0 Å². The van der Waals surface area contributed by atoms with Gasteiger partial charge in [0.1, 0.15) is 5.82 Å². The fourth-order valence-electron chi connectivity index (χ4n) is 1.89. The van der Waals surface area contributed by atoms with E-state index in [0.717, 1.165) is 0 Å². The number of nitrogens with two attached hydrogens (primary N) is 1. The van der Waals surface area contributed by atoms with Crippen molar-refractivity contribution in [1.82, 2.24) is 10.3 Å². The summed E-state index contributed by atoms with van der Waals surface area (Å²) in [6.07, 6.45) is 2.94. The average Bonchev–Trinajstić information content (AvgIpc) is 2.47. The fourth-order valence-corrected chi connectivity index (χ4v) is 1.89. The van der Waals surface area contributed by atoms with Crippen molar-refractivity contribution < 1.29 is 9.18 Å². The van der Waals surface area contributed by atoms with Crippen LogP contribution < -0.4 is 16.6 Å². The Kier molecular flexibility index (Phi) is 4.27. The predicted molar refractivity (Wildman–Crippen MR) is 74.3 cm³/mol. The molecule has 0 saturated carbocycles. The summed E-state index contributed by atoms with van der Waals surface area (Å²) in [7, 11) is 0. The smallest absolute Gasteiger partial charge is 0.254 e. The number of halogens is 1. The Bertz CT molecular complexity index is 618. The monoisotopic (exact) mass is 274 g/mol. The van der Waals surface area contributed by atoms with Crippen molar-refractivity contribution in [3.63, 3.8) is 0 Å². The van der Waals surface area contributed by atoms with E-state index in [1.165, 1.54) is 18.5 Å². The van der Waals surface area contributed by atoms with Gasteiger partial charge in [0.25, 0.3) is 5.91 Å². The first-order valence-corrected chi connectivity index (χ1v) is 6.09. The van der Waals surface area contributed by atoms with Gasteiger partial charge in [-0.3, -0.25) is 15.6 Å². The zero-order valence-electron chi connectivity index (χ0n) is 10.9. The molecule has 1 atom stereocenters. The van der Waals surface area contributed by atoms with Crippen molar-refractivity contribution in [3.05, 3.63) is 59.7 Å². The van der Waals surface area contributed by atoms with Crippen molar-refractivity contribution in [2.24, 2.45) is 5.84 Å². The van der Waals surface area contributed by atoms with Crippen LogP contribution in [-0.2, 0) is 0 Å². The largest absolute Gasteiger partial charge is 0.345 e. The lowest BCUT2D eigenvalue weighted by Crippen LogP contribution is -2.28. The Morgan fingerprint density at radius 3 is 2.80 bits per heavy atom. The summed E-state index contributed by atoms with van der Waals surface area (Å²) in [4.78, 5) is 16.0. The minimum absolute atomic E-state index is 0.351. The Morgan fingerprint density at radius 2 is 2.10 bits per heavy atom. The molecule has 0 aliphatic rings. The van der Waals surface area contributed by atoms with Gasteiger partial charge >= 0.3 is 0 Å². The van der Waals surface area contributed by atoms with Gasteiger partial charge < -0.3 is 10.7 Å². The second kappa shape index (κ2) is 6.12. The maximum Gasteiger partial charge on any atom is 0.254 e. The molecule has 0 bridgehead atoms. The molecule has 1 heterocycles. The first-order valence-electron chi connectivity index (χ1n) is 6.09. The van der Waals surface area contributed by atoms with E-state index in [1.54, 1.807) is 31.2 Å². The van der Waals surface area contributed by atoms with Crippen LogP contribution in [-0.4, -0.2) is 10.9 Å². The molecule has 0 radical (unpaired) electrons. The Labute approximate surface area is 116 Å². The van der Waals surface area contributed by atoms with Crippen LogP contribution in [0.2, 0.25) is 0 Å². The molecule has 1 aromatic carbocycles. The normalized spacial score (nSPS) is 11.8. The number of pyridine rings is 1. The van der Waals surface area contributed by atoms with Gasteiger partial charge in [-0.15, -0.1) is 0 Å². The third kappa shape index (κ3) is 2.92. The van der Waals surface area contributed by atoms with E-state index < -0.39 is 6.04 Å². The molecular formula is C14H15FN4O. The molecule has 20 heavy (non-hydrogen) atoms. The number of hydrogen-bond acceptors (Lipinski definition) is 4. The van der Waals surface area contributed by atoms with Gasteiger partial charge in [0, 0.05) is 11.8 Å². The fraction of sp³-hybridized carbons (Fsp3) is 0.143. The molecule has 0 aliphatic heterocycles. The minimum Gasteiger partial charge on any atom is -0.345 e. The third-order valence-electron chi connectivity index (χ3n) is 2.94. The average molecular weight is 274 g/mol. The van der Waals surface area contributed by atoms with E-state index in [4.69, 9.17) is 5.84 Å². The number of aromatic nitrogens is 1. The maximum absolute atomic E-state index is 13.6. The Hall–Kier alpha value is -2.47. The molecule has 1 aromatic heterocycles. The highest BCUT2D eigenvalue weighted by atomic mass is 19.1. The van der Waals surface area contributed by atoms with E-state index in [2.05, 4.69) is 15.7 Å². The highest BCUT2D eigenvalue weighted by molar-refractivity contribution is 5.99. The lowest BCUT2D eigenvalue weighted by molar-refractivity contribution is 0.0940. The number of amides is 1. The van der Waals surface area contributed by atoms with E-state index in [0.29, 0.717) is 16.8 Å². The number of nitrogens with zero attached hydrogens (tertiary/aromatic N) is 1. The van der Waals surface area contributed by atoms with Crippen LogP contribution in [0.25, 0.3) is 0 Å². The molecule has 5 nitrogen and oxygen atoms in total. The van der Waals surface area contributed by atoms with Crippen LogP contribution in [0.15, 0.2) is 42.7 Å². The summed E-state index contributed by atoms with van der Waals surface area (Å²) < 4.78 is 13.6. The number of nitrogen functional groups attached to an aromatic ring is 1. The molecule has 0 spiro atoms. The summed E-state index contributed by atoms with van der Waals surface area (Å²) in [5, 5.41) is 2.73. The number of hydrogen-bond donors (Lipinski definition) is 3. The zero-order valence-corrected chi connectivity index (χ0v) is 10.9. The number of nitrogens with one attached hydrogen (secondary N) is 2. The van der Waals surface area contributed by atoms with Gasteiger partial charge in [0.05, 0.1) is 23.5 Å². The first kappa shape index (κ1) is 14.0. The number of hydrazine groups is 1. The molecule has 2 rings (SSSR count). The number of rotatable bonds is 4. The maximum atomic E-state index is 13.6. The molecule has 0 aliphatic carbocycles. The van der Waals surface area contributed by atoms with Crippen LogP contribution in [0.3, 0.4) is 0 Å². The highest BCUT2D eigenvalue weighted by Gasteiger charge is 2.16. The summed E-state index contributed by atoms with van der Waals surface area (Å²) in [5.41, 5.74) is 3.59. The summed E-state index contributed by atoms with van der Waals surface area (Å²) in [6, 6.07) is 7.40. The number of carbonyl (C=O) groups excluding carboxylic acids is 1. The molecule has 0 fully saturated rings. The van der Waals surface area contributed by atoms with Gasteiger partial charge in [-0.1, -0.05) is 18.2 Å². The minimum atomic E-state index is -0.456. The van der Waals surface area contributed by atoms with Crippen molar-refractivity contribution in [2.45, 2.75) is 13.0 Å². The molecule has 104 valence electrons. The Balaban J connectivity index is 2.18. The number of anilines is 1. The van der Waals surface area contributed by atoms with Crippen molar-refractivity contribution in [3.8, 4) is 0 Å².